The van der Waals surface area contributed by atoms with Crippen molar-refractivity contribution in [2.24, 2.45) is 0 Å². The van der Waals surface area contributed by atoms with Crippen molar-refractivity contribution >= 4 is 16.0 Å². The molecule has 7 heteroatoms. The van der Waals surface area contributed by atoms with Crippen LogP contribution in [-0.4, -0.2) is 21.5 Å². The number of ether oxygens (including phenoxy) is 1. The van der Waals surface area contributed by atoms with Crippen molar-refractivity contribution in [3.63, 3.8) is 0 Å². The third kappa shape index (κ3) is 4.10. The maximum Gasteiger partial charge on any atom is 0.341 e. The van der Waals surface area contributed by atoms with E-state index in [-0.39, 0.29) is 17.0 Å². The van der Waals surface area contributed by atoms with Crippen LogP contribution in [-0.2, 0) is 21.3 Å². The zero-order chi connectivity index (χ0) is 19.4. The SMILES string of the molecule is COC(=O)c1cc(CNS(=O)(=O)c2ccccc2-c2ccccc2)oc1C. The molecule has 1 heterocycles. The van der Waals surface area contributed by atoms with Gasteiger partial charge in [-0.2, -0.15) is 0 Å². The first-order chi connectivity index (χ1) is 12.9. The number of nitrogens with one attached hydrogen (secondary N) is 1. The lowest BCUT2D eigenvalue weighted by Gasteiger charge is -2.11. The molecule has 0 saturated heterocycles. The van der Waals surface area contributed by atoms with E-state index in [0.29, 0.717) is 17.1 Å². The van der Waals surface area contributed by atoms with E-state index < -0.39 is 16.0 Å². The van der Waals surface area contributed by atoms with Gasteiger partial charge in [0.05, 0.1) is 18.6 Å². The number of sulfonamides is 1. The van der Waals surface area contributed by atoms with Gasteiger partial charge in [-0.3, -0.25) is 0 Å². The normalized spacial score (nSPS) is 11.3. The van der Waals surface area contributed by atoms with E-state index in [2.05, 4.69) is 9.46 Å². The topological polar surface area (TPSA) is 85.6 Å². The van der Waals surface area contributed by atoms with Gasteiger partial charge < -0.3 is 9.15 Å². The molecule has 0 atom stereocenters. The molecule has 2 aromatic carbocycles. The van der Waals surface area contributed by atoms with E-state index >= 15 is 0 Å². The standard InChI is InChI=1S/C20H19NO5S/c1-14-18(20(22)25-2)12-16(26-14)13-21-27(23,24)19-11-7-6-10-17(19)15-8-4-3-5-9-15/h3-12,21H,13H2,1-2H3. The molecule has 0 amide bonds. The molecule has 6 nitrogen and oxygen atoms in total. The molecule has 1 N–H and O–H groups in total. The third-order valence-corrected chi connectivity index (χ3v) is 5.53. The van der Waals surface area contributed by atoms with Crippen LogP contribution in [0.3, 0.4) is 0 Å². The first kappa shape index (κ1) is 18.9. The van der Waals surface area contributed by atoms with E-state index in [1.165, 1.54) is 13.2 Å². The molecule has 0 saturated carbocycles. The van der Waals surface area contributed by atoms with E-state index in [0.717, 1.165) is 5.56 Å². The summed E-state index contributed by atoms with van der Waals surface area (Å²) in [4.78, 5) is 11.8. The molecule has 0 bridgehead atoms. The summed E-state index contributed by atoms with van der Waals surface area (Å²) in [5, 5.41) is 0. The van der Waals surface area contributed by atoms with Gasteiger partial charge >= 0.3 is 5.97 Å². The maximum atomic E-state index is 12.8. The Kier molecular flexibility index (Phi) is 5.43. The van der Waals surface area contributed by atoms with Crippen molar-refractivity contribution in [2.75, 3.05) is 7.11 Å². The molecule has 140 valence electrons. The number of esters is 1. The van der Waals surface area contributed by atoms with Crippen LogP contribution in [0.15, 0.2) is 70.0 Å². The number of rotatable bonds is 6. The first-order valence-electron chi connectivity index (χ1n) is 8.24. The maximum absolute atomic E-state index is 12.8. The van der Waals surface area contributed by atoms with E-state index in [9.17, 15) is 13.2 Å². The fourth-order valence-corrected chi connectivity index (χ4v) is 3.97. The molecule has 0 aliphatic carbocycles. The molecule has 0 fully saturated rings. The van der Waals surface area contributed by atoms with Gasteiger partial charge in [-0.15, -0.1) is 0 Å². The minimum Gasteiger partial charge on any atom is -0.465 e. The van der Waals surface area contributed by atoms with Crippen molar-refractivity contribution in [3.8, 4) is 11.1 Å². The van der Waals surface area contributed by atoms with Gasteiger partial charge in [0.25, 0.3) is 0 Å². The quantitative estimate of drug-likeness (QED) is 0.656. The van der Waals surface area contributed by atoms with Gasteiger partial charge in [-0.05, 0) is 24.6 Å². The van der Waals surface area contributed by atoms with Crippen molar-refractivity contribution in [3.05, 3.63) is 77.7 Å². The van der Waals surface area contributed by atoms with Crippen LogP contribution < -0.4 is 4.72 Å². The summed E-state index contributed by atoms with van der Waals surface area (Å²) < 4.78 is 38.3. The highest BCUT2D eigenvalue weighted by molar-refractivity contribution is 7.89. The second-order valence-corrected chi connectivity index (χ2v) is 7.60. The first-order valence-corrected chi connectivity index (χ1v) is 9.72. The second kappa shape index (κ2) is 7.77. The van der Waals surface area contributed by atoms with Crippen LogP contribution in [0, 0.1) is 6.92 Å². The zero-order valence-corrected chi connectivity index (χ0v) is 15.7. The molecule has 0 radical (unpaired) electrons. The van der Waals surface area contributed by atoms with Crippen molar-refractivity contribution < 1.29 is 22.4 Å². The second-order valence-electron chi connectivity index (χ2n) is 5.86. The molecule has 0 unspecified atom stereocenters. The lowest BCUT2D eigenvalue weighted by Crippen LogP contribution is -2.23. The molecule has 3 rings (SSSR count). The molecule has 0 aliphatic heterocycles. The van der Waals surface area contributed by atoms with E-state index in [4.69, 9.17) is 4.42 Å². The van der Waals surface area contributed by atoms with Gasteiger partial charge in [0.1, 0.15) is 17.1 Å². The molecular formula is C20H19NO5S. The highest BCUT2D eigenvalue weighted by Crippen LogP contribution is 2.27. The Morgan fingerprint density at radius 3 is 2.44 bits per heavy atom. The number of hydrogen-bond acceptors (Lipinski definition) is 5. The van der Waals surface area contributed by atoms with Gasteiger partial charge in [0, 0.05) is 5.56 Å². The Hall–Kier alpha value is -2.90. The Balaban J connectivity index is 1.86. The lowest BCUT2D eigenvalue weighted by molar-refractivity contribution is 0.0599. The average molecular weight is 385 g/mol. The van der Waals surface area contributed by atoms with Crippen LogP contribution in [0.25, 0.3) is 11.1 Å². The highest BCUT2D eigenvalue weighted by Gasteiger charge is 2.21. The number of methoxy groups -OCH3 is 1. The van der Waals surface area contributed by atoms with Crippen molar-refractivity contribution in [2.45, 2.75) is 18.4 Å². The molecule has 0 spiro atoms. The average Bonchev–Trinajstić information content (AvgIpc) is 3.07. The van der Waals surface area contributed by atoms with Crippen LogP contribution >= 0.6 is 0 Å². The van der Waals surface area contributed by atoms with Crippen LogP contribution in [0.1, 0.15) is 21.9 Å². The van der Waals surface area contributed by atoms with Crippen LogP contribution in [0.4, 0.5) is 0 Å². The molecule has 3 aromatic rings. The van der Waals surface area contributed by atoms with E-state index in [1.807, 2.05) is 30.3 Å². The summed E-state index contributed by atoms with van der Waals surface area (Å²) in [6.07, 6.45) is 0. The molecule has 1 aromatic heterocycles. The fraction of sp³-hybridized carbons (Fsp3) is 0.150. The van der Waals surface area contributed by atoms with Gasteiger partial charge in [0.15, 0.2) is 0 Å². The summed E-state index contributed by atoms with van der Waals surface area (Å²) in [5.41, 5.74) is 1.69. The number of carbonyl (C=O) groups is 1. The Morgan fingerprint density at radius 2 is 1.74 bits per heavy atom. The summed E-state index contributed by atoms with van der Waals surface area (Å²) in [6, 6.07) is 17.5. The fourth-order valence-electron chi connectivity index (χ4n) is 2.74. The summed E-state index contributed by atoms with van der Waals surface area (Å²) in [5.74, 6) is 0.175. The number of hydrogen-bond donors (Lipinski definition) is 1. The summed E-state index contributed by atoms with van der Waals surface area (Å²) in [6.45, 7) is 1.54. The third-order valence-electron chi connectivity index (χ3n) is 4.07. The van der Waals surface area contributed by atoms with Crippen molar-refractivity contribution in [1.82, 2.24) is 4.72 Å². The lowest BCUT2D eigenvalue weighted by atomic mass is 10.1. The Bertz CT molecular complexity index is 1050. The smallest absolute Gasteiger partial charge is 0.341 e. The Morgan fingerprint density at radius 1 is 1.07 bits per heavy atom. The van der Waals surface area contributed by atoms with Gasteiger partial charge in [-0.1, -0.05) is 48.5 Å². The predicted octanol–water partition coefficient (Wildman–Crippen LogP) is 3.52. The van der Waals surface area contributed by atoms with Gasteiger partial charge in [0.2, 0.25) is 10.0 Å². The Labute approximate surface area is 157 Å². The minimum absolute atomic E-state index is 0.0801. The largest absolute Gasteiger partial charge is 0.465 e. The van der Waals surface area contributed by atoms with Crippen LogP contribution in [0.2, 0.25) is 0 Å². The van der Waals surface area contributed by atoms with Crippen molar-refractivity contribution in [1.29, 1.82) is 0 Å². The molecule has 27 heavy (non-hydrogen) atoms. The summed E-state index contributed by atoms with van der Waals surface area (Å²) >= 11 is 0. The number of carbonyl (C=O) groups excluding carboxylic acids is 1. The molecular weight excluding hydrogens is 366 g/mol. The highest BCUT2D eigenvalue weighted by atomic mass is 32.2. The number of benzene rings is 2. The predicted molar refractivity (Wildman–Crippen MR) is 101 cm³/mol. The van der Waals surface area contributed by atoms with Crippen LogP contribution in [0.5, 0.6) is 0 Å². The number of furan rings is 1. The monoisotopic (exact) mass is 385 g/mol. The zero-order valence-electron chi connectivity index (χ0n) is 14.9. The molecule has 0 aliphatic rings. The number of aryl methyl sites for hydroxylation is 1. The van der Waals surface area contributed by atoms with Gasteiger partial charge in [-0.25, -0.2) is 17.9 Å². The minimum atomic E-state index is -3.79. The summed E-state index contributed by atoms with van der Waals surface area (Å²) in [7, 11) is -2.52. The van der Waals surface area contributed by atoms with E-state index in [1.54, 1.807) is 31.2 Å².